The van der Waals surface area contributed by atoms with E-state index in [0.29, 0.717) is 23.3 Å². The number of fused-ring (bicyclic) bond motifs is 3. The number of nitrogens with one attached hydrogen (secondary N) is 1. The number of hydrogen-bond donors (Lipinski definition) is 1. The summed E-state index contributed by atoms with van der Waals surface area (Å²) in [5.41, 5.74) is 6.37. The van der Waals surface area contributed by atoms with Crippen molar-refractivity contribution in [2.75, 3.05) is 5.32 Å². The molecule has 2 aromatic rings. The molecule has 4 fully saturated rings. The van der Waals surface area contributed by atoms with Crippen LogP contribution in [0.3, 0.4) is 0 Å². The van der Waals surface area contributed by atoms with Crippen LogP contribution in [0.15, 0.2) is 54.9 Å². The number of benzene rings is 1. The maximum absolute atomic E-state index is 4.39. The Labute approximate surface area is 173 Å². The highest BCUT2D eigenvalue weighted by molar-refractivity contribution is 5.61. The summed E-state index contributed by atoms with van der Waals surface area (Å²) in [5, 5.41) is 3.91. The van der Waals surface area contributed by atoms with Crippen LogP contribution in [-0.4, -0.2) is 4.98 Å². The fourth-order valence-corrected chi connectivity index (χ4v) is 8.28. The van der Waals surface area contributed by atoms with Gasteiger partial charge in [-0.3, -0.25) is 4.98 Å². The second-order valence-corrected chi connectivity index (χ2v) is 10.8. The Morgan fingerprint density at radius 3 is 2.48 bits per heavy atom. The highest BCUT2D eigenvalue weighted by Crippen LogP contribution is 2.61. The van der Waals surface area contributed by atoms with E-state index in [1.807, 2.05) is 12.4 Å². The molecule has 8 rings (SSSR count). The smallest absolute Gasteiger partial charge is 0.0569 e. The molecule has 0 saturated heterocycles. The molecule has 1 aromatic carbocycles. The number of hydrogen-bond acceptors (Lipinski definition) is 2. The van der Waals surface area contributed by atoms with Crippen molar-refractivity contribution < 1.29 is 0 Å². The van der Waals surface area contributed by atoms with Gasteiger partial charge in [-0.25, -0.2) is 0 Å². The summed E-state index contributed by atoms with van der Waals surface area (Å²) in [6, 6.07) is 12.2. The van der Waals surface area contributed by atoms with Crippen molar-refractivity contribution in [1.29, 1.82) is 0 Å². The topological polar surface area (TPSA) is 24.9 Å². The molecule has 5 aliphatic carbocycles. The molecule has 2 heterocycles. The van der Waals surface area contributed by atoms with Crippen LogP contribution in [0, 0.1) is 23.7 Å². The molecule has 6 aliphatic rings. The Balaban J connectivity index is 1.29. The number of pyridine rings is 1. The first-order chi connectivity index (χ1) is 14.3. The SMILES string of the molecule is C1=CC2c3cc(C45CC6CC(CC(C6)C4)C5)ccc3NC(c3cccnc3)C2C1. The number of allylic oxidation sites excluding steroid dienone is 2. The maximum Gasteiger partial charge on any atom is 0.0569 e. The quantitative estimate of drug-likeness (QED) is 0.610. The van der Waals surface area contributed by atoms with Gasteiger partial charge in [-0.05, 0) is 103 Å². The van der Waals surface area contributed by atoms with Gasteiger partial charge in [-0.1, -0.05) is 30.4 Å². The normalized spacial score (nSPS) is 41.1. The van der Waals surface area contributed by atoms with Crippen molar-refractivity contribution >= 4 is 5.69 Å². The van der Waals surface area contributed by atoms with Gasteiger partial charge in [0.1, 0.15) is 0 Å². The lowest BCUT2D eigenvalue weighted by molar-refractivity contribution is -0.00523. The van der Waals surface area contributed by atoms with E-state index in [2.05, 4.69) is 52.8 Å². The van der Waals surface area contributed by atoms with Crippen LogP contribution in [0.5, 0.6) is 0 Å². The Bertz CT molecular complexity index is 940. The van der Waals surface area contributed by atoms with Crippen LogP contribution < -0.4 is 5.32 Å². The zero-order valence-electron chi connectivity index (χ0n) is 17.1. The summed E-state index contributed by atoms with van der Waals surface area (Å²) < 4.78 is 0. The lowest BCUT2D eigenvalue weighted by atomic mass is 9.48. The first-order valence-corrected chi connectivity index (χ1v) is 11.7. The Kier molecular flexibility index (Phi) is 3.43. The molecule has 3 unspecified atom stereocenters. The Morgan fingerprint density at radius 1 is 0.966 bits per heavy atom. The van der Waals surface area contributed by atoms with Crippen LogP contribution in [0.2, 0.25) is 0 Å². The van der Waals surface area contributed by atoms with Gasteiger partial charge < -0.3 is 5.32 Å². The van der Waals surface area contributed by atoms with Gasteiger partial charge in [0.05, 0.1) is 6.04 Å². The standard InChI is InChI=1S/C27H30N2/c1-4-22-23(5-1)26(20-3-2-8-28-16-20)29-25-7-6-21(12-24(22)25)27-13-17-9-18(14-27)11-19(10-17)15-27/h1-4,6-8,12,16-19,22-23,26,29H,5,9-11,13-15H2. The fraction of sp³-hybridized carbons (Fsp3) is 0.519. The van der Waals surface area contributed by atoms with Gasteiger partial charge >= 0.3 is 0 Å². The van der Waals surface area contributed by atoms with Crippen LogP contribution in [0.1, 0.15) is 73.6 Å². The summed E-state index contributed by atoms with van der Waals surface area (Å²) in [6.45, 7) is 0. The third-order valence-electron chi connectivity index (χ3n) is 9.06. The molecule has 1 aromatic heterocycles. The van der Waals surface area contributed by atoms with Crippen molar-refractivity contribution in [2.24, 2.45) is 23.7 Å². The second-order valence-electron chi connectivity index (χ2n) is 10.8. The van der Waals surface area contributed by atoms with E-state index in [9.17, 15) is 0 Å². The number of aromatic nitrogens is 1. The largest absolute Gasteiger partial charge is 0.378 e. The lowest BCUT2D eigenvalue weighted by Gasteiger charge is -2.57. The minimum atomic E-state index is 0.363. The van der Waals surface area contributed by atoms with E-state index < -0.39 is 0 Å². The third kappa shape index (κ3) is 2.44. The van der Waals surface area contributed by atoms with Gasteiger partial charge in [0.2, 0.25) is 0 Å². The molecule has 2 heteroatoms. The van der Waals surface area contributed by atoms with Gasteiger partial charge in [-0.2, -0.15) is 0 Å². The molecular weight excluding hydrogens is 352 g/mol. The molecule has 0 spiro atoms. The molecular formula is C27H30N2. The monoisotopic (exact) mass is 382 g/mol. The van der Waals surface area contributed by atoms with Crippen LogP contribution >= 0.6 is 0 Å². The van der Waals surface area contributed by atoms with Crippen molar-refractivity contribution in [3.05, 3.63) is 71.6 Å². The molecule has 1 aliphatic heterocycles. The average molecular weight is 383 g/mol. The minimum absolute atomic E-state index is 0.363. The van der Waals surface area contributed by atoms with Gasteiger partial charge in [0.15, 0.2) is 0 Å². The summed E-state index contributed by atoms with van der Waals surface area (Å²) in [5.74, 6) is 4.17. The highest BCUT2D eigenvalue weighted by atomic mass is 15.0. The molecule has 148 valence electrons. The molecule has 4 bridgehead atoms. The molecule has 0 amide bonds. The first-order valence-electron chi connectivity index (χ1n) is 11.7. The predicted molar refractivity (Wildman–Crippen MR) is 117 cm³/mol. The number of anilines is 1. The van der Waals surface area contributed by atoms with Crippen LogP contribution in [0.4, 0.5) is 5.69 Å². The van der Waals surface area contributed by atoms with E-state index in [4.69, 9.17) is 0 Å². The van der Waals surface area contributed by atoms with Crippen LogP contribution in [-0.2, 0) is 5.41 Å². The zero-order chi connectivity index (χ0) is 19.0. The van der Waals surface area contributed by atoms with Crippen molar-refractivity contribution in [3.63, 3.8) is 0 Å². The molecule has 3 atom stereocenters. The van der Waals surface area contributed by atoms with Crippen LogP contribution in [0.25, 0.3) is 0 Å². The van der Waals surface area contributed by atoms with Crippen molar-refractivity contribution in [3.8, 4) is 0 Å². The van der Waals surface area contributed by atoms with Crippen molar-refractivity contribution in [1.82, 2.24) is 4.98 Å². The molecule has 2 nitrogen and oxygen atoms in total. The van der Waals surface area contributed by atoms with E-state index in [0.717, 1.165) is 24.2 Å². The zero-order valence-corrected chi connectivity index (χ0v) is 17.1. The molecule has 4 saturated carbocycles. The molecule has 0 radical (unpaired) electrons. The Morgan fingerprint density at radius 2 is 1.76 bits per heavy atom. The summed E-state index contributed by atoms with van der Waals surface area (Å²) in [4.78, 5) is 4.39. The summed E-state index contributed by atoms with van der Waals surface area (Å²) in [6.07, 6.45) is 18.9. The minimum Gasteiger partial charge on any atom is -0.378 e. The Hall–Kier alpha value is -2.09. The summed E-state index contributed by atoms with van der Waals surface area (Å²) >= 11 is 0. The number of nitrogens with zero attached hydrogens (tertiary/aromatic N) is 1. The van der Waals surface area contributed by atoms with E-state index in [1.54, 1.807) is 11.1 Å². The van der Waals surface area contributed by atoms with Gasteiger partial charge in [0.25, 0.3) is 0 Å². The average Bonchev–Trinajstić information content (AvgIpc) is 3.23. The fourth-order valence-electron chi connectivity index (χ4n) is 8.28. The van der Waals surface area contributed by atoms with Crippen molar-refractivity contribution in [2.45, 2.75) is 62.3 Å². The lowest BCUT2D eigenvalue weighted by Crippen LogP contribution is -2.48. The van der Waals surface area contributed by atoms with E-state index >= 15 is 0 Å². The number of rotatable bonds is 2. The van der Waals surface area contributed by atoms with Gasteiger partial charge in [-0.15, -0.1) is 0 Å². The van der Waals surface area contributed by atoms with E-state index in [1.165, 1.54) is 49.8 Å². The highest BCUT2D eigenvalue weighted by Gasteiger charge is 2.52. The molecule has 1 N–H and O–H groups in total. The summed E-state index contributed by atoms with van der Waals surface area (Å²) in [7, 11) is 0. The molecule has 29 heavy (non-hydrogen) atoms. The van der Waals surface area contributed by atoms with E-state index in [-0.39, 0.29) is 0 Å². The van der Waals surface area contributed by atoms with Gasteiger partial charge in [0, 0.05) is 24.0 Å². The third-order valence-corrected chi connectivity index (χ3v) is 9.06. The predicted octanol–water partition coefficient (Wildman–Crippen LogP) is 6.38. The maximum atomic E-state index is 4.39. The second kappa shape index (κ2) is 5.97. The first kappa shape index (κ1) is 16.7.